The van der Waals surface area contributed by atoms with Crippen molar-refractivity contribution >= 4 is 27.5 Å². The van der Waals surface area contributed by atoms with Gasteiger partial charge in [0.1, 0.15) is 5.82 Å². The van der Waals surface area contributed by atoms with Gasteiger partial charge in [0.05, 0.1) is 11.1 Å². The van der Waals surface area contributed by atoms with Gasteiger partial charge in [-0.15, -0.1) is 0 Å². The van der Waals surface area contributed by atoms with E-state index in [1.165, 1.54) is 6.07 Å². The van der Waals surface area contributed by atoms with E-state index < -0.39 is 11.9 Å². The van der Waals surface area contributed by atoms with Gasteiger partial charge in [0, 0.05) is 4.47 Å². The lowest BCUT2D eigenvalue weighted by atomic mass is 9.99. The first-order valence-electron chi connectivity index (χ1n) is 5.04. The van der Waals surface area contributed by atoms with Gasteiger partial charge in [-0.05, 0) is 29.3 Å². The lowest BCUT2D eigenvalue weighted by Crippen LogP contribution is -2.12. The molecule has 0 heterocycles. The first-order valence-corrected chi connectivity index (χ1v) is 6.21. The van der Waals surface area contributed by atoms with E-state index in [1.807, 2.05) is 24.3 Å². The van der Waals surface area contributed by atoms with Gasteiger partial charge in [0.15, 0.2) is 0 Å². The summed E-state index contributed by atoms with van der Waals surface area (Å²) < 4.78 is 14.3. The number of hydrogen-bond donors (Lipinski definition) is 1. The molecule has 2 rings (SSSR count). The molecule has 0 aliphatic carbocycles. The minimum Gasteiger partial charge on any atom is -0.320 e. The van der Waals surface area contributed by atoms with Crippen LogP contribution in [0, 0.1) is 5.82 Å². The first-order chi connectivity index (χ1) is 8.09. The summed E-state index contributed by atoms with van der Waals surface area (Å²) in [4.78, 5) is 0. The number of halogens is 3. The average molecular weight is 315 g/mol. The molecule has 1 atom stereocenters. The van der Waals surface area contributed by atoms with Gasteiger partial charge in [0.2, 0.25) is 0 Å². The minimum atomic E-state index is -0.447. The Balaban J connectivity index is 2.40. The smallest absolute Gasteiger partial charge is 0.142 e. The molecule has 4 heteroatoms. The van der Waals surface area contributed by atoms with Crippen LogP contribution in [0.1, 0.15) is 17.2 Å². The molecule has 0 spiro atoms. The van der Waals surface area contributed by atoms with E-state index in [4.69, 9.17) is 17.3 Å². The van der Waals surface area contributed by atoms with Crippen LogP contribution in [-0.4, -0.2) is 0 Å². The maximum Gasteiger partial charge on any atom is 0.142 e. The standard InChI is InChI=1S/C13H10BrClFN/c14-9-6-4-8(5-7-9)13(17)10-2-1-3-11(16)12(10)15/h1-7,13H,17H2. The third-order valence-corrected chi connectivity index (χ3v) is 3.47. The van der Waals surface area contributed by atoms with Crippen molar-refractivity contribution in [1.82, 2.24) is 0 Å². The maximum atomic E-state index is 13.3. The molecule has 0 bridgehead atoms. The summed E-state index contributed by atoms with van der Waals surface area (Å²) in [6.45, 7) is 0. The average Bonchev–Trinajstić information content (AvgIpc) is 2.33. The molecule has 0 saturated heterocycles. The largest absolute Gasteiger partial charge is 0.320 e. The summed E-state index contributed by atoms with van der Waals surface area (Å²) in [6.07, 6.45) is 0. The van der Waals surface area contributed by atoms with Crippen LogP contribution in [-0.2, 0) is 0 Å². The van der Waals surface area contributed by atoms with E-state index in [-0.39, 0.29) is 5.02 Å². The summed E-state index contributed by atoms with van der Waals surface area (Å²) in [5.41, 5.74) is 7.55. The molecule has 0 aliphatic rings. The van der Waals surface area contributed by atoms with Crippen molar-refractivity contribution < 1.29 is 4.39 Å². The zero-order valence-corrected chi connectivity index (χ0v) is 11.2. The molecule has 0 amide bonds. The van der Waals surface area contributed by atoms with Crippen molar-refractivity contribution in [3.8, 4) is 0 Å². The van der Waals surface area contributed by atoms with Crippen LogP contribution < -0.4 is 5.73 Å². The lowest BCUT2D eigenvalue weighted by Gasteiger charge is -2.14. The van der Waals surface area contributed by atoms with Gasteiger partial charge in [-0.2, -0.15) is 0 Å². The van der Waals surface area contributed by atoms with Crippen LogP contribution >= 0.6 is 27.5 Å². The summed E-state index contributed by atoms with van der Waals surface area (Å²) in [5.74, 6) is -0.447. The molecule has 2 aromatic rings. The van der Waals surface area contributed by atoms with Crippen molar-refractivity contribution in [3.05, 3.63) is 68.9 Å². The Bertz CT molecular complexity index is 527. The van der Waals surface area contributed by atoms with Crippen LogP contribution in [0.25, 0.3) is 0 Å². The summed E-state index contributed by atoms with van der Waals surface area (Å²) in [5, 5.41) is 0.0860. The SMILES string of the molecule is NC(c1ccc(Br)cc1)c1cccc(F)c1Cl. The molecule has 0 radical (unpaired) electrons. The van der Waals surface area contributed by atoms with Crippen molar-refractivity contribution in [1.29, 1.82) is 0 Å². The van der Waals surface area contributed by atoms with E-state index >= 15 is 0 Å². The predicted molar refractivity (Wildman–Crippen MR) is 71.6 cm³/mol. The van der Waals surface area contributed by atoms with Gasteiger partial charge < -0.3 is 5.73 Å². The molecule has 1 unspecified atom stereocenters. The number of benzene rings is 2. The highest BCUT2D eigenvalue weighted by Gasteiger charge is 2.14. The molecule has 0 saturated carbocycles. The fourth-order valence-electron chi connectivity index (χ4n) is 1.61. The number of nitrogens with two attached hydrogens (primary N) is 1. The zero-order chi connectivity index (χ0) is 12.4. The highest BCUT2D eigenvalue weighted by atomic mass is 79.9. The summed E-state index contributed by atoms with van der Waals surface area (Å²) >= 11 is 9.26. The third kappa shape index (κ3) is 2.68. The van der Waals surface area contributed by atoms with E-state index in [0.717, 1.165) is 10.0 Å². The predicted octanol–water partition coefficient (Wildman–Crippen LogP) is 4.29. The quantitative estimate of drug-likeness (QED) is 0.879. The molecular formula is C13H10BrClFN. The minimum absolute atomic E-state index is 0.0860. The maximum absolute atomic E-state index is 13.3. The van der Waals surface area contributed by atoms with Gasteiger partial charge in [-0.25, -0.2) is 4.39 Å². The normalized spacial score (nSPS) is 12.5. The van der Waals surface area contributed by atoms with E-state index in [9.17, 15) is 4.39 Å². The van der Waals surface area contributed by atoms with Crippen molar-refractivity contribution in [3.63, 3.8) is 0 Å². The Labute approximate surface area is 113 Å². The third-order valence-electron chi connectivity index (χ3n) is 2.55. The Morgan fingerprint density at radius 3 is 2.41 bits per heavy atom. The second kappa shape index (κ2) is 5.17. The molecule has 17 heavy (non-hydrogen) atoms. The van der Waals surface area contributed by atoms with E-state index in [0.29, 0.717) is 5.56 Å². The van der Waals surface area contributed by atoms with Crippen LogP contribution in [0.5, 0.6) is 0 Å². The lowest BCUT2D eigenvalue weighted by molar-refractivity contribution is 0.624. The van der Waals surface area contributed by atoms with Gasteiger partial charge in [-0.1, -0.05) is 51.8 Å². The monoisotopic (exact) mass is 313 g/mol. The van der Waals surface area contributed by atoms with E-state index in [1.54, 1.807) is 12.1 Å². The number of hydrogen-bond acceptors (Lipinski definition) is 1. The molecule has 88 valence electrons. The van der Waals surface area contributed by atoms with Gasteiger partial charge >= 0.3 is 0 Å². The highest BCUT2D eigenvalue weighted by Crippen LogP contribution is 2.28. The van der Waals surface area contributed by atoms with Crippen LogP contribution in [0.4, 0.5) is 4.39 Å². The van der Waals surface area contributed by atoms with Crippen molar-refractivity contribution in [2.24, 2.45) is 5.73 Å². The Kier molecular flexibility index (Phi) is 3.82. The molecule has 1 nitrogen and oxygen atoms in total. The first kappa shape index (κ1) is 12.6. The number of rotatable bonds is 2. The fourth-order valence-corrected chi connectivity index (χ4v) is 2.12. The summed E-state index contributed by atoms with van der Waals surface area (Å²) in [6, 6.07) is 11.8. The van der Waals surface area contributed by atoms with E-state index in [2.05, 4.69) is 15.9 Å². The molecule has 0 fully saturated rings. The molecule has 2 N–H and O–H groups in total. The second-order valence-electron chi connectivity index (χ2n) is 3.67. The summed E-state index contributed by atoms with van der Waals surface area (Å²) in [7, 11) is 0. The molecular weight excluding hydrogens is 305 g/mol. The van der Waals surface area contributed by atoms with Crippen molar-refractivity contribution in [2.45, 2.75) is 6.04 Å². The fraction of sp³-hybridized carbons (Fsp3) is 0.0769. The van der Waals surface area contributed by atoms with Crippen LogP contribution in [0.2, 0.25) is 5.02 Å². The zero-order valence-electron chi connectivity index (χ0n) is 8.83. The second-order valence-corrected chi connectivity index (χ2v) is 4.97. The van der Waals surface area contributed by atoms with Gasteiger partial charge in [-0.3, -0.25) is 0 Å². The topological polar surface area (TPSA) is 26.0 Å². The van der Waals surface area contributed by atoms with Crippen LogP contribution in [0.15, 0.2) is 46.9 Å². The Hall–Kier alpha value is -0.900. The molecule has 0 aromatic heterocycles. The highest BCUT2D eigenvalue weighted by molar-refractivity contribution is 9.10. The van der Waals surface area contributed by atoms with Crippen LogP contribution in [0.3, 0.4) is 0 Å². The molecule has 2 aromatic carbocycles. The Morgan fingerprint density at radius 1 is 1.12 bits per heavy atom. The Morgan fingerprint density at radius 2 is 1.76 bits per heavy atom. The van der Waals surface area contributed by atoms with Crippen molar-refractivity contribution in [2.75, 3.05) is 0 Å². The molecule has 0 aliphatic heterocycles. The van der Waals surface area contributed by atoms with Gasteiger partial charge in [0.25, 0.3) is 0 Å².